The number of quaternary nitrogens is 1. The topological polar surface area (TPSA) is 194 Å². The minimum Gasteiger partial charge on any atom is -0.627 e. The van der Waals surface area contributed by atoms with Crippen molar-refractivity contribution in [2.24, 2.45) is 5.92 Å². The standard InChI is InChI=1S/C23H25N3O11S/c1-14(37-13-27)17-11-26(34)18(17)10-19(21(26)22(29)30)38-9-6-20(28)35-8-7-24-23(31)36-12-15-2-4-16(5-3-15)25(32)33/h2-6,9,13-14,17-18H,7-8,10-12H2,1H3,(H,24,31)(H,29,30)/t14-,17-,18-,26?/m1/s1. The van der Waals surface area contributed by atoms with E-state index in [4.69, 9.17) is 14.2 Å². The number of carbonyl (C=O) groups excluding carboxylic acids is 3. The predicted molar refractivity (Wildman–Crippen MR) is 131 cm³/mol. The highest BCUT2D eigenvalue weighted by Gasteiger charge is 2.60. The zero-order valence-electron chi connectivity index (χ0n) is 20.1. The number of benzene rings is 1. The van der Waals surface area contributed by atoms with Gasteiger partial charge >= 0.3 is 18.0 Å². The first kappa shape index (κ1) is 28.6. The third-order valence-corrected chi connectivity index (χ3v) is 7.09. The fourth-order valence-corrected chi connectivity index (χ4v) is 5.23. The molecule has 2 aliphatic heterocycles. The molecule has 0 spiro atoms. The van der Waals surface area contributed by atoms with Crippen LogP contribution in [0.2, 0.25) is 0 Å². The number of alkyl carbamates (subject to hydrolysis) is 1. The second-order valence-electron chi connectivity index (χ2n) is 8.44. The van der Waals surface area contributed by atoms with Gasteiger partial charge in [-0.25, -0.2) is 14.4 Å². The number of nitrogens with zero attached hydrogens (tertiary/aromatic N) is 2. The molecule has 14 nitrogen and oxygen atoms in total. The second-order valence-corrected chi connectivity index (χ2v) is 9.44. The molecule has 0 aliphatic carbocycles. The fourth-order valence-electron chi connectivity index (χ4n) is 4.27. The summed E-state index contributed by atoms with van der Waals surface area (Å²) in [5.41, 5.74) is 0.182. The molecular weight excluding hydrogens is 526 g/mol. The van der Waals surface area contributed by atoms with Crippen LogP contribution < -0.4 is 5.32 Å². The van der Waals surface area contributed by atoms with E-state index in [1.165, 1.54) is 29.7 Å². The number of non-ortho nitro benzene ring substituents is 1. The molecule has 1 aromatic carbocycles. The number of hydrogen-bond donors (Lipinski definition) is 2. The van der Waals surface area contributed by atoms with Crippen molar-refractivity contribution in [1.29, 1.82) is 0 Å². The van der Waals surface area contributed by atoms with Gasteiger partial charge in [0.1, 0.15) is 25.4 Å². The van der Waals surface area contributed by atoms with Gasteiger partial charge in [-0.15, -0.1) is 0 Å². The van der Waals surface area contributed by atoms with Gasteiger partial charge in [0, 0.05) is 24.6 Å². The summed E-state index contributed by atoms with van der Waals surface area (Å²) in [5.74, 6) is -2.35. The Labute approximate surface area is 220 Å². The van der Waals surface area contributed by atoms with E-state index in [9.17, 15) is 39.6 Å². The molecule has 1 aromatic rings. The van der Waals surface area contributed by atoms with Crippen LogP contribution in [0.5, 0.6) is 0 Å². The van der Waals surface area contributed by atoms with Crippen LogP contribution >= 0.6 is 11.8 Å². The average Bonchev–Trinajstić information content (AvgIpc) is 3.08. The number of nitrogens with one attached hydrogen (secondary N) is 1. The molecule has 4 atom stereocenters. The third-order valence-electron chi connectivity index (χ3n) is 6.17. The van der Waals surface area contributed by atoms with E-state index >= 15 is 0 Å². The van der Waals surface area contributed by atoms with Crippen LogP contribution in [0.3, 0.4) is 0 Å². The number of fused-ring (bicyclic) bond motifs is 1. The lowest BCUT2D eigenvalue weighted by atomic mass is 9.83. The summed E-state index contributed by atoms with van der Waals surface area (Å²) < 4.78 is 13.8. The number of carboxylic acid groups (broad SMARTS) is 1. The fraction of sp³-hybridized carbons (Fsp3) is 0.391. The SMILES string of the molecule is C[C@@H](OC=O)[C@H]1C[N+]2([O-])C(C(=O)O)=C(SC=CC(=O)OCCNC(=O)OCc3ccc([N+](=O)[O-])cc3)C[C@H]12. The van der Waals surface area contributed by atoms with E-state index in [0.717, 1.165) is 17.8 Å². The Morgan fingerprint density at radius 2 is 2.00 bits per heavy atom. The summed E-state index contributed by atoms with van der Waals surface area (Å²) in [4.78, 5) is 56.4. The van der Waals surface area contributed by atoms with Crippen LogP contribution in [-0.2, 0) is 35.2 Å². The van der Waals surface area contributed by atoms with Crippen molar-refractivity contribution in [2.75, 3.05) is 19.7 Å². The molecule has 0 bridgehead atoms. The smallest absolute Gasteiger partial charge is 0.407 e. The van der Waals surface area contributed by atoms with E-state index in [0.29, 0.717) is 16.9 Å². The van der Waals surface area contributed by atoms with Gasteiger partial charge in [-0.1, -0.05) is 11.8 Å². The highest BCUT2D eigenvalue weighted by Crippen LogP contribution is 2.52. The number of hydroxylamine groups is 3. The van der Waals surface area contributed by atoms with E-state index in [1.54, 1.807) is 6.92 Å². The normalized spacial score (nSPS) is 22.7. The number of nitro groups is 1. The minimum atomic E-state index is -1.34. The first-order chi connectivity index (χ1) is 18.1. The lowest BCUT2D eigenvalue weighted by Crippen LogP contribution is -2.67. The third kappa shape index (κ3) is 6.67. The van der Waals surface area contributed by atoms with Crippen LogP contribution in [0.25, 0.3) is 0 Å². The van der Waals surface area contributed by atoms with Crippen molar-refractivity contribution < 1.29 is 48.1 Å². The Hall–Kier alpha value is -3.95. The molecule has 0 aromatic heterocycles. The van der Waals surface area contributed by atoms with Crippen molar-refractivity contribution >= 4 is 42.0 Å². The van der Waals surface area contributed by atoms with Gasteiger partial charge in [0.2, 0.25) is 5.70 Å². The second kappa shape index (κ2) is 12.5. The van der Waals surface area contributed by atoms with Crippen molar-refractivity contribution in [3.05, 3.63) is 67.2 Å². The zero-order valence-corrected chi connectivity index (χ0v) is 21.0. The number of hydrogen-bond acceptors (Lipinski definition) is 11. The lowest BCUT2D eigenvalue weighted by molar-refractivity contribution is -0.915. The molecule has 38 heavy (non-hydrogen) atoms. The van der Waals surface area contributed by atoms with Crippen LogP contribution in [0.4, 0.5) is 10.5 Å². The van der Waals surface area contributed by atoms with E-state index in [1.807, 2.05) is 0 Å². The molecular formula is C23H25N3O11S. The number of nitro benzene ring substituents is 1. The van der Waals surface area contributed by atoms with Gasteiger partial charge in [-0.2, -0.15) is 0 Å². The van der Waals surface area contributed by atoms with Gasteiger partial charge in [0.25, 0.3) is 12.2 Å². The number of amides is 1. The summed E-state index contributed by atoms with van der Waals surface area (Å²) in [5, 5.41) is 37.0. The number of rotatable bonds is 13. The highest BCUT2D eigenvalue weighted by molar-refractivity contribution is 8.05. The van der Waals surface area contributed by atoms with E-state index in [-0.39, 0.29) is 50.0 Å². The molecule has 0 saturated carbocycles. The summed E-state index contributed by atoms with van der Waals surface area (Å²) in [6, 6.07) is 4.92. The largest absolute Gasteiger partial charge is 0.627 e. The summed E-state index contributed by atoms with van der Waals surface area (Å²) in [7, 11) is 0. The molecule has 15 heteroatoms. The number of esters is 1. The number of thioether (sulfide) groups is 1. The maximum Gasteiger partial charge on any atom is 0.407 e. The van der Waals surface area contributed by atoms with Crippen molar-refractivity contribution in [3.63, 3.8) is 0 Å². The average molecular weight is 552 g/mol. The molecule has 2 heterocycles. The molecule has 1 amide bonds. The Morgan fingerprint density at radius 3 is 2.63 bits per heavy atom. The Morgan fingerprint density at radius 1 is 1.29 bits per heavy atom. The number of aliphatic carboxylic acids is 1. The number of carboxylic acids is 1. The van der Waals surface area contributed by atoms with Crippen LogP contribution in [-0.4, -0.2) is 71.0 Å². The van der Waals surface area contributed by atoms with E-state index in [2.05, 4.69) is 5.32 Å². The van der Waals surface area contributed by atoms with E-state index < -0.39 is 39.7 Å². The minimum absolute atomic E-state index is 0.0135. The predicted octanol–water partition coefficient (Wildman–Crippen LogP) is 2.19. The molecule has 1 unspecified atom stereocenters. The maximum atomic E-state index is 13.1. The summed E-state index contributed by atoms with van der Waals surface area (Å²) >= 11 is 0.937. The molecule has 2 N–H and O–H groups in total. The maximum absolute atomic E-state index is 13.1. The lowest BCUT2D eigenvalue weighted by Gasteiger charge is -2.57. The van der Waals surface area contributed by atoms with Crippen molar-refractivity contribution in [2.45, 2.75) is 32.1 Å². The van der Waals surface area contributed by atoms with Crippen molar-refractivity contribution in [3.8, 4) is 0 Å². The highest BCUT2D eigenvalue weighted by atomic mass is 32.2. The van der Waals surface area contributed by atoms with Gasteiger partial charge in [-0.05, 0) is 30.0 Å². The molecule has 204 valence electrons. The Bertz CT molecular complexity index is 1150. The summed E-state index contributed by atoms with van der Waals surface area (Å²) in [6.07, 6.45) is -0.0379. The molecule has 1 saturated heterocycles. The number of ether oxygens (including phenoxy) is 3. The van der Waals surface area contributed by atoms with Crippen LogP contribution in [0, 0.1) is 21.2 Å². The van der Waals surface area contributed by atoms with Gasteiger partial charge in [0.15, 0.2) is 0 Å². The number of carbonyl (C=O) groups is 4. The van der Waals surface area contributed by atoms with Crippen molar-refractivity contribution in [1.82, 2.24) is 5.32 Å². The Balaban J connectivity index is 1.38. The van der Waals surface area contributed by atoms with Gasteiger partial charge in [0.05, 0.1) is 28.8 Å². The first-order valence-corrected chi connectivity index (χ1v) is 12.2. The molecule has 2 aliphatic rings. The molecule has 3 rings (SSSR count). The van der Waals surface area contributed by atoms with Gasteiger partial charge < -0.3 is 34.5 Å². The molecule has 0 radical (unpaired) electrons. The zero-order chi connectivity index (χ0) is 27.9. The van der Waals surface area contributed by atoms with Gasteiger partial charge in [-0.3, -0.25) is 14.9 Å². The first-order valence-electron chi connectivity index (χ1n) is 11.4. The monoisotopic (exact) mass is 551 g/mol. The van der Waals surface area contributed by atoms with Crippen LogP contribution in [0.15, 0.2) is 46.4 Å². The van der Waals surface area contributed by atoms with Crippen LogP contribution in [0.1, 0.15) is 18.9 Å². The summed E-state index contributed by atoms with van der Waals surface area (Å²) in [6.45, 7) is 1.63. The Kier molecular flexibility index (Phi) is 9.44. The quantitative estimate of drug-likeness (QED) is 0.0418. The molecule has 1 fully saturated rings.